The number of ether oxygens (including phenoxy) is 1. The van der Waals surface area contributed by atoms with Gasteiger partial charge in [0.2, 0.25) is 0 Å². The van der Waals surface area contributed by atoms with Gasteiger partial charge in [0.25, 0.3) is 0 Å². The van der Waals surface area contributed by atoms with Crippen molar-refractivity contribution in [1.82, 2.24) is 9.80 Å². The fourth-order valence-corrected chi connectivity index (χ4v) is 5.39. The molecule has 40 heavy (non-hydrogen) atoms. The van der Waals surface area contributed by atoms with Crippen molar-refractivity contribution in [2.45, 2.75) is 63.5 Å². The first-order valence-electron chi connectivity index (χ1n) is 13.5. The lowest BCUT2D eigenvalue weighted by Crippen LogP contribution is -2.42. The van der Waals surface area contributed by atoms with Crippen LogP contribution in [-0.4, -0.2) is 65.6 Å². The molecule has 2 aromatic rings. The SMILES string of the molecule is CCCN1CCC(O)(c2ccc(F)c(OC(F)(F)F)c2)CC1.CCN1CCC(O)(c2ccc(C#N)c(Cl)c2)CC1. The van der Waals surface area contributed by atoms with Gasteiger partial charge in [0, 0.05) is 26.2 Å². The van der Waals surface area contributed by atoms with Gasteiger partial charge in [-0.05, 0) is 80.6 Å². The molecule has 0 aliphatic carbocycles. The van der Waals surface area contributed by atoms with Crippen LogP contribution in [-0.2, 0) is 11.2 Å². The van der Waals surface area contributed by atoms with Crippen LogP contribution in [0.3, 0.4) is 0 Å². The average Bonchev–Trinajstić information content (AvgIpc) is 2.91. The van der Waals surface area contributed by atoms with Gasteiger partial charge in [0.05, 0.1) is 21.8 Å². The van der Waals surface area contributed by atoms with Gasteiger partial charge in [-0.3, -0.25) is 0 Å². The Morgan fingerprint density at radius 3 is 1.93 bits per heavy atom. The maximum Gasteiger partial charge on any atom is 0.573 e. The molecule has 2 aliphatic heterocycles. The number of likely N-dealkylation sites (tertiary alicyclic amines) is 2. The molecule has 0 amide bonds. The van der Waals surface area contributed by atoms with Crippen LogP contribution in [0, 0.1) is 17.1 Å². The number of piperidine rings is 2. The van der Waals surface area contributed by atoms with Crippen molar-refractivity contribution in [3.8, 4) is 11.8 Å². The third-order valence-corrected chi connectivity index (χ3v) is 7.99. The van der Waals surface area contributed by atoms with Crippen LogP contribution in [0.4, 0.5) is 17.6 Å². The number of hydrogen-bond acceptors (Lipinski definition) is 6. The summed E-state index contributed by atoms with van der Waals surface area (Å²) in [5.41, 5.74) is -0.521. The average molecular weight is 586 g/mol. The Labute approximate surface area is 237 Å². The molecule has 2 fully saturated rings. The highest BCUT2D eigenvalue weighted by molar-refractivity contribution is 6.31. The smallest absolute Gasteiger partial charge is 0.403 e. The van der Waals surface area contributed by atoms with Crippen LogP contribution in [0.5, 0.6) is 5.75 Å². The first kappa shape index (κ1) is 32.1. The number of nitriles is 1. The third kappa shape index (κ3) is 8.30. The molecular weight excluding hydrogens is 550 g/mol. The van der Waals surface area contributed by atoms with E-state index in [1.54, 1.807) is 12.1 Å². The number of hydrogen-bond donors (Lipinski definition) is 2. The zero-order valence-electron chi connectivity index (χ0n) is 22.8. The second-order valence-corrected chi connectivity index (χ2v) is 10.7. The fraction of sp³-hybridized carbons (Fsp3) is 0.552. The van der Waals surface area contributed by atoms with Gasteiger partial charge in [-0.25, -0.2) is 4.39 Å². The summed E-state index contributed by atoms with van der Waals surface area (Å²) in [7, 11) is 0. The van der Waals surface area contributed by atoms with Crippen LogP contribution in [0.25, 0.3) is 0 Å². The van der Waals surface area contributed by atoms with Crippen LogP contribution in [0.2, 0.25) is 5.02 Å². The second-order valence-electron chi connectivity index (χ2n) is 10.3. The van der Waals surface area contributed by atoms with Crippen LogP contribution in [0.1, 0.15) is 62.6 Å². The highest BCUT2D eigenvalue weighted by Gasteiger charge is 2.37. The number of benzene rings is 2. The van der Waals surface area contributed by atoms with Crippen molar-refractivity contribution in [3.05, 3.63) is 63.9 Å². The Kier molecular flexibility index (Phi) is 10.8. The topological polar surface area (TPSA) is 80.0 Å². The Morgan fingerprint density at radius 1 is 0.925 bits per heavy atom. The van der Waals surface area contributed by atoms with Crippen molar-refractivity contribution in [2.75, 3.05) is 39.3 Å². The number of rotatable bonds is 6. The minimum atomic E-state index is -4.97. The van der Waals surface area contributed by atoms with E-state index in [-0.39, 0.29) is 5.56 Å². The molecule has 2 aliphatic rings. The summed E-state index contributed by atoms with van der Waals surface area (Å²) in [5, 5.41) is 30.6. The maximum absolute atomic E-state index is 13.4. The molecule has 2 saturated heterocycles. The van der Waals surface area contributed by atoms with Crippen molar-refractivity contribution in [1.29, 1.82) is 5.26 Å². The highest BCUT2D eigenvalue weighted by atomic mass is 35.5. The van der Waals surface area contributed by atoms with Gasteiger partial charge in [-0.2, -0.15) is 5.26 Å². The standard InChI is InChI=1S/C15H19F4NO2.C14H17ClN2O/c1-2-7-20-8-5-14(21,6-9-20)11-3-4-12(16)13(10-11)22-15(17,18)19;1-2-17-7-5-14(18,6-8-17)12-4-3-11(10-16)13(15)9-12/h3-4,10,21H,2,5-9H2,1H3;3-4,9,18H,2,5-8H2,1H3. The van der Waals surface area contributed by atoms with E-state index >= 15 is 0 Å². The Hall–Kier alpha value is -2.42. The fourth-order valence-electron chi connectivity index (χ4n) is 5.17. The predicted octanol–water partition coefficient (Wildman–Crippen LogP) is 5.93. The largest absolute Gasteiger partial charge is 0.573 e. The van der Waals surface area contributed by atoms with Gasteiger partial charge in [0.15, 0.2) is 11.6 Å². The molecule has 0 bridgehead atoms. The van der Waals surface area contributed by atoms with E-state index in [2.05, 4.69) is 28.4 Å². The summed E-state index contributed by atoms with van der Waals surface area (Å²) in [6, 6.07) is 10.4. The molecule has 220 valence electrons. The molecule has 0 atom stereocenters. The second kappa shape index (κ2) is 13.5. The molecule has 0 saturated carbocycles. The monoisotopic (exact) mass is 585 g/mol. The summed E-state index contributed by atoms with van der Waals surface area (Å²) < 4.78 is 53.9. The lowest BCUT2D eigenvalue weighted by molar-refractivity contribution is -0.275. The van der Waals surface area contributed by atoms with Crippen LogP contribution in [0.15, 0.2) is 36.4 Å². The molecule has 2 aromatic carbocycles. The van der Waals surface area contributed by atoms with E-state index in [4.69, 9.17) is 16.9 Å². The quantitative estimate of drug-likeness (QED) is 0.409. The summed E-state index contributed by atoms with van der Waals surface area (Å²) in [6.07, 6.45) is -1.76. The summed E-state index contributed by atoms with van der Waals surface area (Å²) >= 11 is 6.02. The lowest BCUT2D eigenvalue weighted by Gasteiger charge is -2.38. The van der Waals surface area contributed by atoms with Gasteiger partial charge in [-0.1, -0.05) is 37.6 Å². The van der Waals surface area contributed by atoms with E-state index in [9.17, 15) is 27.8 Å². The van der Waals surface area contributed by atoms with E-state index in [1.807, 2.05) is 12.1 Å². The first-order valence-corrected chi connectivity index (χ1v) is 13.9. The number of nitrogens with zero attached hydrogens (tertiary/aromatic N) is 3. The normalized spacial score (nSPS) is 19.3. The molecule has 0 radical (unpaired) electrons. The summed E-state index contributed by atoms with van der Waals surface area (Å²) in [4.78, 5) is 4.50. The third-order valence-electron chi connectivity index (χ3n) is 7.67. The zero-order chi connectivity index (χ0) is 29.6. The van der Waals surface area contributed by atoms with Crippen LogP contribution >= 0.6 is 11.6 Å². The molecule has 2 heterocycles. The van der Waals surface area contributed by atoms with Crippen molar-refractivity contribution < 1.29 is 32.5 Å². The maximum atomic E-state index is 13.4. The molecule has 6 nitrogen and oxygen atoms in total. The van der Waals surface area contributed by atoms with E-state index < -0.39 is 29.1 Å². The minimum Gasteiger partial charge on any atom is -0.403 e. The summed E-state index contributed by atoms with van der Waals surface area (Å²) in [5.74, 6) is -2.01. The Morgan fingerprint density at radius 2 is 1.45 bits per heavy atom. The van der Waals surface area contributed by atoms with E-state index in [0.717, 1.165) is 50.3 Å². The van der Waals surface area contributed by atoms with Crippen molar-refractivity contribution in [2.24, 2.45) is 0 Å². The highest BCUT2D eigenvalue weighted by Crippen LogP contribution is 2.37. The molecule has 4 rings (SSSR count). The molecule has 0 spiro atoms. The number of halogens is 5. The van der Waals surface area contributed by atoms with Gasteiger partial charge in [-0.15, -0.1) is 13.2 Å². The molecule has 2 N–H and O–H groups in total. The Bertz CT molecular complexity index is 1170. The van der Waals surface area contributed by atoms with E-state index in [0.29, 0.717) is 49.4 Å². The molecular formula is C29H36ClF4N3O3. The molecule has 0 aromatic heterocycles. The lowest BCUT2D eigenvalue weighted by atomic mass is 9.84. The van der Waals surface area contributed by atoms with Crippen molar-refractivity contribution >= 4 is 11.6 Å². The van der Waals surface area contributed by atoms with Gasteiger partial charge < -0.3 is 24.7 Å². The summed E-state index contributed by atoms with van der Waals surface area (Å²) in [6.45, 7) is 9.21. The Balaban J connectivity index is 0.000000225. The molecule has 0 unspecified atom stereocenters. The van der Waals surface area contributed by atoms with Crippen molar-refractivity contribution in [3.63, 3.8) is 0 Å². The zero-order valence-corrected chi connectivity index (χ0v) is 23.5. The van der Waals surface area contributed by atoms with Gasteiger partial charge in [0.1, 0.15) is 6.07 Å². The predicted molar refractivity (Wildman–Crippen MR) is 144 cm³/mol. The minimum absolute atomic E-state index is 0.254. The number of alkyl halides is 3. The number of aliphatic hydroxyl groups is 2. The first-order chi connectivity index (χ1) is 18.8. The van der Waals surface area contributed by atoms with E-state index in [1.165, 1.54) is 6.07 Å². The molecule has 11 heteroatoms. The van der Waals surface area contributed by atoms with Gasteiger partial charge >= 0.3 is 6.36 Å². The van der Waals surface area contributed by atoms with Crippen LogP contribution < -0.4 is 4.74 Å².